The van der Waals surface area contributed by atoms with Gasteiger partial charge in [0.05, 0.1) is 32.6 Å². The Balaban J connectivity index is 1.75. The van der Waals surface area contributed by atoms with Gasteiger partial charge in [-0.05, 0) is 41.1 Å². The second kappa shape index (κ2) is 6.81. The maximum absolute atomic E-state index is 11.6. The number of nitro benzene ring substituents is 1. The molecule has 1 aliphatic carbocycles. The van der Waals surface area contributed by atoms with Crippen molar-refractivity contribution in [2.75, 3.05) is 0 Å². The van der Waals surface area contributed by atoms with Gasteiger partial charge < -0.3 is 0 Å². The molecule has 130 valence electrons. The maximum atomic E-state index is 11.6. The number of nitro groups is 1. The summed E-state index contributed by atoms with van der Waals surface area (Å²) in [6.07, 6.45) is 5.51. The largest absolute Gasteiger partial charge is 0.312 e. The van der Waals surface area contributed by atoms with Gasteiger partial charge >= 0.3 is 5.69 Å². The molecule has 1 aromatic carbocycles. The average Bonchev–Trinajstić information content (AvgIpc) is 3.25. The Morgan fingerprint density at radius 2 is 2.04 bits per heavy atom. The minimum atomic E-state index is -0.461. The van der Waals surface area contributed by atoms with Crippen LogP contribution in [0.3, 0.4) is 0 Å². The predicted molar refractivity (Wildman–Crippen MR) is 93.1 cm³/mol. The van der Waals surface area contributed by atoms with Crippen molar-refractivity contribution in [2.45, 2.75) is 48.2 Å². The van der Waals surface area contributed by atoms with Crippen molar-refractivity contribution in [3.8, 4) is 0 Å². The summed E-state index contributed by atoms with van der Waals surface area (Å²) < 4.78 is 9.83. The van der Waals surface area contributed by atoms with Crippen LogP contribution in [-0.4, -0.2) is 33.9 Å². The second-order valence-electron chi connectivity index (χ2n) is 5.72. The molecule has 4 rings (SSSR count). The van der Waals surface area contributed by atoms with Crippen LogP contribution in [0, 0.1) is 10.1 Å². The summed E-state index contributed by atoms with van der Waals surface area (Å²) in [5.74, 6) is 0. The summed E-state index contributed by atoms with van der Waals surface area (Å²) >= 11 is 8.26. The first kappa shape index (κ1) is 16.6. The molecule has 0 bridgehead atoms. The summed E-state index contributed by atoms with van der Waals surface area (Å²) in [5.41, 5.74) is 0.424. The van der Waals surface area contributed by atoms with Gasteiger partial charge in [0, 0.05) is 0 Å². The van der Waals surface area contributed by atoms with Crippen LogP contribution in [0.15, 0.2) is 16.1 Å². The molecule has 1 fully saturated rings. The second-order valence-corrected chi connectivity index (χ2v) is 7.67. The Morgan fingerprint density at radius 3 is 2.80 bits per heavy atom. The lowest BCUT2D eigenvalue weighted by atomic mass is 9.96. The van der Waals surface area contributed by atoms with E-state index < -0.39 is 4.92 Å². The van der Waals surface area contributed by atoms with Crippen molar-refractivity contribution in [2.24, 2.45) is 0 Å². The minimum Gasteiger partial charge on any atom is -0.258 e. The lowest BCUT2D eigenvalue weighted by Crippen LogP contribution is -2.15. The van der Waals surface area contributed by atoms with Crippen molar-refractivity contribution in [3.05, 3.63) is 21.2 Å². The molecule has 0 spiro atoms. The van der Waals surface area contributed by atoms with Gasteiger partial charge in [0.1, 0.15) is 5.52 Å². The summed E-state index contributed by atoms with van der Waals surface area (Å²) in [4.78, 5) is 11.5. The zero-order valence-corrected chi connectivity index (χ0v) is 15.2. The summed E-state index contributed by atoms with van der Waals surface area (Å²) in [5, 5.41) is 24.3. The monoisotopic (exact) mass is 397 g/mol. The molecule has 9 nitrogen and oxygen atoms in total. The number of aromatic nitrogens is 6. The standard InChI is InChI=1S/C13H12ClN7O2S2/c14-8-6-9(12(21(22)23)11-10(8)16-25-17-11)24-13-15-18-19-20(13)7-4-2-1-3-5-7/h6-7H,1-5H2. The fourth-order valence-electron chi connectivity index (χ4n) is 3.03. The van der Waals surface area contributed by atoms with E-state index in [0.717, 1.165) is 49.2 Å². The Morgan fingerprint density at radius 1 is 1.28 bits per heavy atom. The molecule has 2 heterocycles. The van der Waals surface area contributed by atoms with Gasteiger partial charge in [-0.3, -0.25) is 10.1 Å². The minimum absolute atomic E-state index is 0.114. The van der Waals surface area contributed by atoms with E-state index in [-0.39, 0.29) is 17.2 Å². The first-order chi connectivity index (χ1) is 12.1. The van der Waals surface area contributed by atoms with Crippen molar-refractivity contribution in [1.29, 1.82) is 0 Å². The van der Waals surface area contributed by atoms with Crippen LogP contribution in [0.2, 0.25) is 5.02 Å². The van der Waals surface area contributed by atoms with Crippen LogP contribution >= 0.6 is 35.1 Å². The predicted octanol–water partition coefficient (Wildman–Crippen LogP) is 3.90. The van der Waals surface area contributed by atoms with Crippen LogP contribution in [0.5, 0.6) is 0 Å². The SMILES string of the molecule is O=[N+]([O-])c1c(Sc2nnnn2C2CCCCC2)cc(Cl)c2nsnc12. The zero-order valence-electron chi connectivity index (χ0n) is 12.8. The average molecular weight is 398 g/mol. The lowest BCUT2D eigenvalue weighted by molar-refractivity contribution is -0.386. The number of tetrazole rings is 1. The van der Waals surface area contributed by atoms with E-state index in [9.17, 15) is 10.1 Å². The molecule has 2 aromatic heterocycles. The van der Waals surface area contributed by atoms with E-state index in [1.54, 1.807) is 4.68 Å². The summed E-state index contributed by atoms with van der Waals surface area (Å²) in [6.45, 7) is 0. The third kappa shape index (κ3) is 3.07. The van der Waals surface area contributed by atoms with Crippen molar-refractivity contribution in [1.82, 2.24) is 29.0 Å². The Hall–Kier alpha value is -1.85. The maximum Gasteiger partial charge on any atom is 0.312 e. The zero-order chi connectivity index (χ0) is 17.4. The molecule has 12 heteroatoms. The smallest absolute Gasteiger partial charge is 0.258 e. The van der Waals surface area contributed by atoms with Crippen molar-refractivity contribution >= 4 is 51.8 Å². The van der Waals surface area contributed by atoms with E-state index in [0.29, 0.717) is 20.6 Å². The highest BCUT2D eigenvalue weighted by molar-refractivity contribution is 7.99. The summed E-state index contributed by atoms with van der Waals surface area (Å²) in [6, 6.07) is 1.76. The first-order valence-corrected chi connectivity index (χ1v) is 9.62. The van der Waals surface area contributed by atoms with Gasteiger partial charge in [-0.15, -0.1) is 5.10 Å². The van der Waals surface area contributed by atoms with Gasteiger partial charge in [0.15, 0.2) is 5.52 Å². The van der Waals surface area contributed by atoms with E-state index in [1.807, 2.05) is 0 Å². The Labute approximate surface area is 155 Å². The van der Waals surface area contributed by atoms with Gasteiger partial charge in [0.25, 0.3) is 0 Å². The molecule has 0 N–H and O–H groups in total. The number of benzene rings is 1. The highest BCUT2D eigenvalue weighted by Crippen LogP contribution is 2.42. The fourth-order valence-corrected chi connectivity index (χ4v) is 4.94. The molecule has 25 heavy (non-hydrogen) atoms. The molecule has 1 saturated carbocycles. The molecule has 0 atom stereocenters. The van der Waals surface area contributed by atoms with Crippen LogP contribution in [-0.2, 0) is 0 Å². The number of fused-ring (bicyclic) bond motifs is 1. The topological polar surface area (TPSA) is 113 Å². The molecule has 0 saturated heterocycles. The summed E-state index contributed by atoms with van der Waals surface area (Å²) in [7, 11) is 0. The van der Waals surface area contributed by atoms with Crippen LogP contribution in [0.1, 0.15) is 38.1 Å². The van der Waals surface area contributed by atoms with Crippen LogP contribution in [0.4, 0.5) is 5.69 Å². The van der Waals surface area contributed by atoms with E-state index in [2.05, 4.69) is 24.3 Å². The molecule has 3 aromatic rings. The number of nitrogens with zero attached hydrogens (tertiary/aromatic N) is 7. The number of hydrogen-bond donors (Lipinski definition) is 0. The Kier molecular flexibility index (Phi) is 4.52. The highest BCUT2D eigenvalue weighted by atomic mass is 35.5. The van der Waals surface area contributed by atoms with Gasteiger partial charge in [-0.2, -0.15) is 8.75 Å². The van der Waals surface area contributed by atoms with Gasteiger partial charge in [0.2, 0.25) is 5.16 Å². The van der Waals surface area contributed by atoms with E-state index in [1.165, 1.54) is 12.5 Å². The normalized spacial score (nSPS) is 15.7. The lowest BCUT2D eigenvalue weighted by Gasteiger charge is -2.21. The third-order valence-electron chi connectivity index (χ3n) is 4.20. The number of halogens is 1. The molecule has 1 aliphatic rings. The van der Waals surface area contributed by atoms with Crippen LogP contribution < -0.4 is 0 Å². The van der Waals surface area contributed by atoms with E-state index in [4.69, 9.17) is 11.6 Å². The van der Waals surface area contributed by atoms with Crippen LogP contribution in [0.25, 0.3) is 11.0 Å². The van der Waals surface area contributed by atoms with E-state index >= 15 is 0 Å². The number of hydrogen-bond acceptors (Lipinski definition) is 9. The molecule has 0 amide bonds. The number of rotatable bonds is 4. The highest BCUT2D eigenvalue weighted by Gasteiger charge is 2.27. The molecular formula is C13H12ClN7O2S2. The van der Waals surface area contributed by atoms with Crippen molar-refractivity contribution in [3.63, 3.8) is 0 Å². The molecule has 0 radical (unpaired) electrons. The third-order valence-corrected chi connectivity index (χ3v) is 6.00. The van der Waals surface area contributed by atoms with Crippen molar-refractivity contribution < 1.29 is 4.92 Å². The first-order valence-electron chi connectivity index (χ1n) is 7.70. The Bertz CT molecular complexity index is 938. The fraction of sp³-hybridized carbons (Fsp3) is 0.462. The van der Waals surface area contributed by atoms with Gasteiger partial charge in [-0.25, -0.2) is 4.68 Å². The molecular weight excluding hydrogens is 386 g/mol. The quantitative estimate of drug-likeness (QED) is 0.481. The van der Waals surface area contributed by atoms with Gasteiger partial charge in [-0.1, -0.05) is 30.9 Å². The molecule has 0 unspecified atom stereocenters. The molecule has 0 aliphatic heterocycles.